The zero-order valence-corrected chi connectivity index (χ0v) is 16.6. The normalized spacial score (nSPS) is 13.8. The summed E-state index contributed by atoms with van der Waals surface area (Å²) in [6, 6.07) is 8.58. The maximum absolute atomic E-state index is 13.3. The number of anilines is 2. The largest absolute Gasteiger partial charge is 0.465 e. The molecule has 0 bridgehead atoms. The first kappa shape index (κ1) is 21.1. The first-order valence-corrected chi connectivity index (χ1v) is 9.89. The number of nitrogens with one attached hydrogen (secondary N) is 1. The van der Waals surface area contributed by atoms with Crippen molar-refractivity contribution in [2.75, 3.05) is 49.4 Å². The van der Waals surface area contributed by atoms with Crippen LogP contribution >= 0.6 is 11.8 Å². The van der Waals surface area contributed by atoms with Gasteiger partial charge in [0.2, 0.25) is 5.91 Å². The molecule has 1 fully saturated rings. The Morgan fingerprint density at radius 3 is 2.59 bits per heavy atom. The van der Waals surface area contributed by atoms with Gasteiger partial charge in [-0.05, 0) is 36.4 Å². The van der Waals surface area contributed by atoms with Gasteiger partial charge < -0.3 is 19.7 Å². The molecule has 2 aromatic rings. The molecule has 0 spiro atoms. The summed E-state index contributed by atoms with van der Waals surface area (Å²) >= 11 is 1.06. The Hall–Kier alpha value is -2.65. The molecule has 0 atom stereocenters. The minimum absolute atomic E-state index is 0.0309. The Morgan fingerprint density at radius 1 is 1.14 bits per heavy atom. The molecule has 1 aliphatic heterocycles. The van der Waals surface area contributed by atoms with Crippen LogP contribution in [-0.4, -0.2) is 51.0 Å². The number of methoxy groups -OCH3 is 1. The Kier molecular flexibility index (Phi) is 7.05. The van der Waals surface area contributed by atoms with E-state index in [2.05, 4.69) is 10.2 Å². The average Bonchev–Trinajstić information content (AvgIpc) is 2.75. The summed E-state index contributed by atoms with van der Waals surface area (Å²) in [5, 5.41) is 2.68. The van der Waals surface area contributed by atoms with Gasteiger partial charge in [0.1, 0.15) is 0 Å². The number of ether oxygens (including phenoxy) is 2. The van der Waals surface area contributed by atoms with E-state index in [1.165, 1.54) is 13.2 Å². The van der Waals surface area contributed by atoms with Gasteiger partial charge in [0.15, 0.2) is 11.6 Å². The molecule has 1 aliphatic rings. The third-order valence-corrected chi connectivity index (χ3v) is 5.31. The van der Waals surface area contributed by atoms with Crippen molar-refractivity contribution in [3.05, 3.63) is 53.6 Å². The van der Waals surface area contributed by atoms with Crippen LogP contribution in [0.4, 0.5) is 20.2 Å². The summed E-state index contributed by atoms with van der Waals surface area (Å²) in [5.74, 6) is -2.90. The van der Waals surface area contributed by atoms with Crippen molar-refractivity contribution in [1.82, 2.24) is 0 Å². The van der Waals surface area contributed by atoms with Crippen molar-refractivity contribution >= 4 is 35.0 Å². The lowest BCUT2D eigenvalue weighted by molar-refractivity contribution is -0.113. The van der Waals surface area contributed by atoms with Crippen molar-refractivity contribution in [2.45, 2.75) is 4.90 Å². The number of carbonyl (C=O) groups excluding carboxylic acids is 2. The van der Waals surface area contributed by atoms with Crippen molar-refractivity contribution in [3.8, 4) is 0 Å². The Labute approximate surface area is 171 Å². The van der Waals surface area contributed by atoms with Gasteiger partial charge in [-0.3, -0.25) is 4.79 Å². The number of morpholine rings is 1. The molecule has 0 radical (unpaired) electrons. The number of hydrogen-bond acceptors (Lipinski definition) is 6. The highest BCUT2D eigenvalue weighted by Gasteiger charge is 2.18. The van der Waals surface area contributed by atoms with Crippen LogP contribution in [0.15, 0.2) is 41.3 Å². The number of nitrogens with zero attached hydrogens (tertiary/aromatic N) is 1. The molecule has 9 heteroatoms. The highest BCUT2D eigenvalue weighted by molar-refractivity contribution is 8.00. The molecular formula is C20H20F2N2O4S. The van der Waals surface area contributed by atoms with E-state index >= 15 is 0 Å². The standard InChI is InChI=1S/C20H20F2N2O4S/c1-27-20(26)15-10-13(24-6-8-28-9-7-24)2-5-18(15)23-19(25)12-29-14-3-4-16(21)17(22)11-14/h2-5,10-11H,6-9,12H2,1H3,(H,23,25). The van der Waals surface area contributed by atoms with E-state index in [4.69, 9.17) is 9.47 Å². The molecule has 1 heterocycles. The fourth-order valence-electron chi connectivity index (χ4n) is 2.84. The summed E-state index contributed by atoms with van der Waals surface area (Å²) in [5.41, 5.74) is 1.40. The van der Waals surface area contributed by atoms with Crippen LogP contribution in [0.25, 0.3) is 0 Å². The molecular weight excluding hydrogens is 402 g/mol. The number of carbonyl (C=O) groups is 2. The van der Waals surface area contributed by atoms with Crippen LogP contribution in [0.5, 0.6) is 0 Å². The smallest absolute Gasteiger partial charge is 0.340 e. The predicted octanol–water partition coefficient (Wildman–Crippen LogP) is 3.32. The second-order valence-electron chi connectivity index (χ2n) is 6.23. The highest BCUT2D eigenvalue weighted by Crippen LogP contribution is 2.26. The van der Waals surface area contributed by atoms with E-state index < -0.39 is 17.6 Å². The van der Waals surface area contributed by atoms with Gasteiger partial charge in [-0.1, -0.05) is 0 Å². The lowest BCUT2D eigenvalue weighted by Gasteiger charge is -2.29. The summed E-state index contributed by atoms with van der Waals surface area (Å²) in [6.07, 6.45) is 0. The summed E-state index contributed by atoms with van der Waals surface area (Å²) < 4.78 is 36.4. The van der Waals surface area contributed by atoms with Crippen LogP contribution < -0.4 is 10.2 Å². The molecule has 2 aromatic carbocycles. The zero-order valence-electron chi connectivity index (χ0n) is 15.7. The van der Waals surface area contributed by atoms with Crippen LogP contribution in [0.2, 0.25) is 0 Å². The molecule has 3 rings (SSSR count). The van der Waals surface area contributed by atoms with Crippen LogP contribution in [0.3, 0.4) is 0 Å². The number of esters is 1. The molecule has 29 heavy (non-hydrogen) atoms. The third-order valence-electron chi connectivity index (χ3n) is 4.32. The molecule has 0 aliphatic carbocycles. The van der Waals surface area contributed by atoms with Crippen molar-refractivity contribution in [3.63, 3.8) is 0 Å². The van der Waals surface area contributed by atoms with Gasteiger partial charge in [-0.15, -0.1) is 11.8 Å². The highest BCUT2D eigenvalue weighted by atomic mass is 32.2. The lowest BCUT2D eigenvalue weighted by atomic mass is 10.1. The fourth-order valence-corrected chi connectivity index (χ4v) is 3.56. The van der Waals surface area contributed by atoms with Gasteiger partial charge in [-0.2, -0.15) is 0 Å². The maximum atomic E-state index is 13.3. The third kappa shape index (κ3) is 5.45. The first-order chi connectivity index (χ1) is 14.0. The number of benzene rings is 2. The van der Waals surface area contributed by atoms with Gasteiger partial charge in [0.05, 0.1) is 37.3 Å². The quantitative estimate of drug-likeness (QED) is 0.569. The van der Waals surface area contributed by atoms with E-state index in [0.717, 1.165) is 29.6 Å². The molecule has 6 nitrogen and oxygen atoms in total. The van der Waals surface area contributed by atoms with Gasteiger partial charge in [-0.25, -0.2) is 13.6 Å². The van der Waals surface area contributed by atoms with Crippen LogP contribution in [0.1, 0.15) is 10.4 Å². The van der Waals surface area contributed by atoms with Gasteiger partial charge in [0, 0.05) is 23.7 Å². The number of amides is 1. The molecule has 0 unspecified atom stereocenters. The van der Waals surface area contributed by atoms with E-state index in [-0.39, 0.29) is 17.2 Å². The Balaban J connectivity index is 1.70. The predicted molar refractivity (Wildman–Crippen MR) is 107 cm³/mol. The molecule has 1 N–H and O–H groups in total. The molecule has 0 saturated carbocycles. The SMILES string of the molecule is COC(=O)c1cc(N2CCOCC2)ccc1NC(=O)CSc1ccc(F)c(F)c1. The minimum atomic E-state index is -0.970. The monoisotopic (exact) mass is 422 g/mol. The number of hydrogen-bond donors (Lipinski definition) is 1. The first-order valence-electron chi connectivity index (χ1n) is 8.90. The number of halogens is 2. The minimum Gasteiger partial charge on any atom is -0.465 e. The number of rotatable bonds is 6. The van der Waals surface area contributed by atoms with Crippen LogP contribution in [0, 0.1) is 11.6 Å². The van der Waals surface area contributed by atoms with Crippen molar-refractivity contribution in [2.24, 2.45) is 0 Å². The topological polar surface area (TPSA) is 67.9 Å². The maximum Gasteiger partial charge on any atom is 0.340 e. The zero-order chi connectivity index (χ0) is 20.8. The second kappa shape index (κ2) is 9.71. The summed E-state index contributed by atoms with van der Waals surface area (Å²) in [6.45, 7) is 2.62. The van der Waals surface area contributed by atoms with Crippen molar-refractivity contribution < 1.29 is 27.8 Å². The summed E-state index contributed by atoms with van der Waals surface area (Å²) in [4.78, 5) is 27.0. The molecule has 154 valence electrons. The Morgan fingerprint density at radius 2 is 1.90 bits per heavy atom. The van der Waals surface area contributed by atoms with Crippen molar-refractivity contribution in [1.29, 1.82) is 0 Å². The number of thioether (sulfide) groups is 1. The molecule has 1 saturated heterocycles. The average molecular weight is 422 g/mol. The Bertz CT molecular complexity index is 904. The second-order valence-corrected chi connectivity index (χ2v) is 7.28. The fraction of sp³-hybridized carbons (Fsp3) is 0.300. The summed E-state index contributed by atoms with van der Waals surface area (Å²) in [7, 11) is 1.27. The van der Waals surface area contributed by atoms with Crippen LogP contribution in [-0.2, 0) is 14.3 Å². The molecule has 0 aromatic heterocycles. The van der Waals surface area contributed by atoms with Gasteiger partial charge >= 0.3 is 5.97 Å². The van der Waals surface area contributed by atoms with E-state index in [0.29, 0.717) is 36.9 Å². The van der Waals surface area contributed by atoms with Gasteiger partial charge in [0.25, 0.3) is 0 Å². The van der Waals surface area contributed by atoms with E-state index in [1.807, 2.05) is 6.07 Å². The van der Waals surface area contributed by atoms with E-state index in [1.54, 1.807) is 12.1 Å². The molecule has 1 amide bonds. The van der Waals surface area contributed by atoms with E-state index in [9.17, 15) is 18.4 Å². The lowest BCUT2D eigenvalue weighted by Crippen LogP contribution is -2.36.